The highest BCUT2D eigenvalue weighted by molar-refractivity contribution is 7.91. The molecule has 0 spiro atoms. The van der Waals surface area contributed by atoms with Crippen molar-refractivity contribution < 1.29 is 23.1 Å². The molecule has 1 aromatic rings. The topological polar surface area (TPSA) is 140 Å². The highest BCUT2D eigenvalue weighted by Gasteiger charge is 2.16. The molecule has 0 saturated heterocycles. The maximum atomic E-state index is 11.3. The molecule has 0 aliphatic heterocycles. The zero-order valence-electron chi connectivity index (χ0n) is 8.49. The van der Waals surface area contributed by atoms with Gasteiger partial charge in [0.25, 0.3) is 10.0 Å². The highest BCUT2D eigenvalue weighted by Crippen LogP contribution is 2.15. The first-order valence-electron chi connectivity index (χ1n) is 4.37. The molecule has 17 heavy (non-hydrogen) atoms. The van der Waals surface area contributed by atoms with Gasteiger partial charge in [-0.1, -0.05) is 11.3 Å². The van der Waals surface area contributed by atoms with Gasteiger partial charge in [0.2, 0.25) is 4.34 Å². The maximum Gasteiger partial charge on any atom is 0.303 e. The molecule has 10 heteroatoms. The quantitative estimate of drug-likeness (QED) is 0.691. The molecule has 1 aromatic heterocycles. The van der Waals surface area contributed by atoms with Crippen LogP contribution >= 0.6 is 11.3 Å². The van der Waals surface area contributed by atoms with Gasteiger partial charge in [-0.15, -0.1) is 10.2 Å². The molecule has 1 heterocycles. The zero-order valence-corrected chi connectivity index (χ0v) is 10.1. The lowest BCUT2D eigenvalue weighted by Crippen LogP contribution is -2.11. The molecule has 0 amide bonds. The van der Waals surface area contributed by atoms with Gasteiger partial charge >= 0.3 is 5.97 Å². The third kappa shape index (κ3) is 4.54. The summed E-state index contributed by atoms with van der Waals surface area (Å²) in [6.07, 6.45) is -0.528. The molecule has 0 saturated carbocycles. The number of rotatable bonds is 6. The molecule has 0 aromatic carbocycles. The van der Waals surface area contributed by atoms with E-state index in [1.807, 2.05) is 0 Å². The van der Waals surface area contributed by atoms with Gasteiger partial charge in [-0.05, 0) is 0 Å². The fourth-order valence-corrected chi connectivity index (χ4v) is 2.43. The number of hydrogen-bond acceptors (Lipinski definition) is 7. The van der Waals surface area contributed by atoms with E-state index in [0.717, 1.165) is 0 Å². The fraction of sp³-hybridized carbons (Fsp3) is 0.429. The minimum absolute atomic E-state index is 0.125. The number of aromatic nitrogens is 2. The van der Waals surface area contributed by atoms with Crippen molar-refractivity contribution >= 4 is 33.1 Å². The molecule has 0 fully saturated rings. The van der Waals surface area contributed by atoms with Gasteiger partial charge in [0.1, 0.15) is 10.8 Å². The number of primary sulfonamides is 1. The summed E-state index contributed by atoms with van der Waals surface area (Å²) in [4.78, 5) is 21.5. The first kappa shape index (κ1) is 13.7. The summed E-state index contributed by atoms with van der Waals surface area (Å²) in [6.45, 7) is 0. The fourth-order valence-electron chi connectivity index (χ4n) is 0.928. The van der Waals surface area contributed by atoms with Crippen molar-refractivity contribution in [2.24, 2.45) is 5.14 Å². The van der Waals surface area contributed by atoms with Crippen LogP contribution in [0.25, 0.3) is 0 Å². The van der Waals surface area contributed by atoms with Crippen LogP contribution < -0.4 is 5.14 Å². The number of hydrogen-bond donors (Lipinski definition) is 2. The summed E-state index contributed by atoms with van der Waals surface area (Å²) in [7, 11) is -3.90. The highest BCUT2D eigenvalue weighted by atomic mass is 32.2. The van der Waals surface area contributed by atoms with Crippen LogP contribution in [0.4, 0.5) is 0 Å². The van der Waals surface area contributed by atoms with E-state index in [0.29, 0.717) is 11.3 Å². The number of carboxylic acid groups (broad SMARTS) is 1. The largest absolute Gasteiger partial charge is 0.481 e. The Morgan fingerprint density at radius 2 is 1.94 bits per heavy atom. The van der Waals surface area contributed by atoms with E-state index in [1.165, 1.54) is 0 Å². The van der Waals surface area contributed by atoms with E-state index in [9.17, 15) is 18.0 Å². The molecular formula is C7H9N3O5S2. The van der Waals surface area contributed by atoms with Crippen LogP contribution in [0, 0.1) is 0 Å². The van der Waals surface area contributed by atoms with Gasteiger partial charge in [0, 0.05) is 6.42 Å². The van der Waals surface area contributed by atoms with Crippen molar-refractivity contribution in [1.29, 1.82) is 0 Å². The second kappa shape index (κ2) is 5.29. The molecule has 0 atom stereocenters. The molecule has 3 N–H and O–H groups in total. The van der Waals surface area contributed by atoms with Crippen LogP contribution in [-0.2, 0) is 26.0 Å². The summed E-state index contributed by atoms with van der Waals surface area (Å²) in [6, 6.07) is 0. The Kier molecular flexibility index (Phi) is 4.26. The minimum Gasteiger partial charge on any atom is -0.481 e. The molecule has 0 unspecified atom stereocenters. The first-order chi connectivity index (χ1) is 7.79. The first-order valence-corrected chi connectivity index (χ1v) is 6.74. The SMILES string of the molecule is NS(=O)(=O)c1nnc(CC(=O)CCC(=O)O)s1. The number of aliphatic carboxylic acids is 1. The molecule has 0 radical (unpaired) electrons. The Hall–Kier alpha value is -1.39. The summed E-state index contributed by atoms with van der Waals surface area (Å²) in [5.74, 6) is -1.41. The lowest BCUT2D eigenvalue weighted by atomic mass is 10.2. The smallest absolute Gasteiger partial charge is 0.303 e. The number of nitrogens with zero attached hydrogens (tertiary/aromatic N) is 2. The van der Waals surface area contributed by atoms with Crippen LogP contribution in [0.3, 0.4) is 0 Å². The summed E-state index contributed by atoms with van der Waals surface area (Å²) in [5, 5.41) is 20.2. The monoisotopic (exact) mass is 279 g/mol. The van der Waals surface area contributed by atoms with Crippen molar-refractivity contribution in [2.45, 2.75) is 23.6 Å². The third-order valence-electron chi connectivity index (χ3n) is 1.66. The number of carbonyl (C=O) groups is 2. The van der Waals surface area contributed by atoms with Crippen LogP contribution in [0.1, 0.15) is 17.8 Å². The maximum absolute atomic E-state index is 11.3. The summed E-state index contributed by atoms with van der Waals surface area (Å²) in [5.41, 5.74) is 0. The molecule has 0 aliphatic rings. The zero-order chi connectivity index (χ0) is 13.1. The van der Waals surface area contributed by atoms with Crippen LogP contribution in [0.15, 0.2) is 4.34 Å². The van der Waals surface area contributed by atoms with E-state index in [1.54, 1.807) is 0 Å². The Morgan fingerprint density at radius 3 is 2.41 bits per heavy atom. The van der Waals surface area contributed by atoms with E-state index < -0.39 is 16.0 Å². The summed E-state index contributed by atoms with van der Waals surface area (Å²) < 4.78 is 21.4. The average Bonchev–Trinajstić information content (AvgIpc) is 2.62. The predicted octanol–water partition coefficient (Wildman–Crippen LogP) is -0.838. The van der Waals surface area contributed by atoms with Crippen LogP contribution in [-0.4, -0.2) is 35.5 Å². The van der Waals surface area contributed by atoms with Gasteiger partial charge in [-0.3, -0.25) is 9.59 Å². The van der Waals surface area contributed by atoms with E-state index >= 15 is 0 Å². The Bertz CT molecular complexity index is 535. The molecule has 1 rings (SSSR count). The third-order valence-corrected chi connectivity index (χ3v) is 3.89. The van der Waals surface area contributed by atoms with Gasteiger partial charge in [0.05, 0.1) is 12.8 Å². The number of nitrogens with two attached hydrogens (primary N) is 1. The Morgan fingerprint density at radius 1 is 1.29 bits per heavy atom. The van der Waals surface area contributed by atoms with E-state index in [-0.39, 0.29) is 34.4 Å². The van der Waals surface area contributed by atoms with Crippen molar-refractivity contribution in [3.8, 4) is 0 Å². The van der Waals surface area contributed by atoms with Crippen LogP contribution in [0.2, 0.25) is 0 Å². The van der Waals surface area contributed by atoms with Gasteiger partial charge in [-0.2, -0.15) is 0 Å². The predicted molar refractivity (Wildman–Crippen MR) is 56.9 cm³/mol. The lowest BCUT2D eigenvalue weighted by molar-refractivity contribution is -0.138. The number of carboxylic acids is 1. The molecule has 8 nitrogen and oxygen atoms in total. The van der Waals surface area contributed by atoms with Crippen molar-refractivity contribution in [1.82, 2.24) is 10.2 Å². The number of carbonyl (C=O) groups excluding carboxylic acids is 1. The minimum atomic E-state index is -3.90. The van der Waals surface area contributed by atoms with Crippen molar-refractivity contribution in [2.75, 3.05) is 0 Å². The molecule has 0 bridgehead atoms. The number of Topliss-reactive ketones (excluding diaryl/α,β-unsaturated/α-hetero) is 1. The van der Waals surface area contributed by atoms with E-state index in [4.69, 9.17) is 10.2 Å². The second-order valence-electron chi connectivity index (χ2n) is 3.12. The average molecular weight is 279 g/mol. The molecule has 0 aliphatic carbocycles. The van der Waals surface area contributed by atoms with Crippen LogP contribution in [0.5, 0.6) is 0 Å². The van der Waals surface area contributed by atoms with Gasteiger partial charge in [0.15, 0.2) is 0 Å². The van der Waals surface area contributed by atoms with Crippen molar-refractivity contribution in [3.05, 3.63) is 5.01 Å². The summed E-state index contributed by atoms with van der Waals surface area (Å²) >= 11 is 0.699. The van der Waals surface area contributed by atoms with E-state index in [2.05, 4.69) is 10.2 Å². The Balaban J connectivity index is 2.61. The van der Waals surface area contributed by atoms with Gasteiger partial charge in [-0.25, -0.2) is 13.6 Å². The number of ketones is 1. The standard InChI is InChI=1S/C7H9N3O5S2/c8-17(14,15)7-10-9-5(16-7)3-4(11)1-2-6(12)13/h1-3H2,(H,12,13)(H2,8,14,15). The second-order valence-corrected chi connectivity index (χ2v) is 5.91. The molecule has 94 valence electrons. The number of sulfonamides is 1. The Labute approximate surface area is 101 Å². The molecular weight excluding hydrogens is 270 g/mol. The van der Waals surface area contributed by atoms with Crippen molar-refractivity contribution in [3.63, 3.8) is 0 Å². The normalized spacial score (nSPS) is 11.4. The lowest BCUT2D eigenvalue weighted by Gasteiger charge is -1.93. The van der Waals surface area contributed by atoms with Gasteiger partial charge < -0.3 is 5.11 Å².